The molecule has 1 amide bonds. The first-order valence-electron chi connectivity index (χ1n) is 9.61. The summed E-state index contributed by atoms with van der Waals surface area (Å²) >= 11 is 0. The van der Waals surface area contributed by atoms with Gasteiger partial charge in [-0.25, -0.2) is 9.50 Å². The molecule has 1 aromatic carbocycles. The first kappa shape index (κ1) is 16.8. The van der Waals surface area contributed by atoms with Crippen molar-refractivity contribution >= 4 is 22.5 Å². The number of aromatic amines is 2. The zero-order valence-electron chi connectivity index (χ0n) is 15.4. The van der Waals surface area contributed by atoms with Crippen LogP contribution in [0.3, 0.4) is 0 Å². The molecule has 5 rings (SSSR count). The van der Waals surface area contributed by atoms with Gasteiger partial charge in [0.05, 0.1) is 17.8 Å². The summed E-state index contributed by atoms with van der Waals surface area (Å²) in [6, 6.07) is 9.99. The third-order valence-corrected chi connectivity index (χ3v) is 5.56. The number of rotatable bonds is 4. The number of H-pyrrole nitrogens is 2. The van der Waals surface area contributed by atoms with Crippen LogP contribution in [0.5, 0.6) is 0 Å². The SMILES string of the molecule is O=C(CCCc1c[nH]c2ccccc12)N1CCc2nc3cc[nH]n3c(=O)c2C1. The van der Waals surface area contributed by atoms with Gasteiger partial charge in [0.15, 0.2) is 5.65 Å². The predicted molar refractivity (Wildman–Crippen MR) is 106 cm³/mol. The maximum atomic E-state index is 12.7. The second-order valence-electron chi connectivity index (χ2n) is 7.28. The highest BCUT2D eigenvalue weighted by Crippen LogP contribution is 2.20. The number of hydrogen-bond acceptors (Lipinski definition) is 3. The molecule has 28 heavy (non-hydrogen) atoms. The van der Waals surface area contributed by atoms with E-state index in [1.807, 2.05) is 18.3 Å². The average molecular weight is 375 g/mol. The van der Waals surface area contributed by atoms with Gasteiger partial charge in [0.1, 0.15) is 0 Å². The van der Waals surface area contributed by atoms with Crippen molar-refractivity contribution in [2.45, 2.75) is 32.2 Å². The van der Waals surface area contributed by atoms with Gasteiger partial charge in [0.25, 0.3) is 5.56 Å². The monoisotopic (exact) mass is 375 g/mol. The summed E-state index contributed by atoms with van der Waals surface area (Å²) in [5.74, 6) is 0.0986. The maximum absolute atomic E-state index is 12.7. The van der Waals surface area contributed by atoms with E-state index >= 15 is 0 Å². The van der Waals surface area contributed by atoms with Gasteiger partial charge >= 0.3 is 0 Å². The zero-order chi connectivity index (χ0) is 19.1. The molecule has 1 aliphatic rings. The fourth-order valence-electron chi connectivity index (χ4n) is 4.06. The smallest absolute Gasteiger partial charge is 0.277 e. The highest BCUT2D eigenvalue weighted by Gasteiger charge is 2.25. The van der Waals surface area contributed by atoms with Crippen LogP contribution < -0.4 is 5.56 Å². The van der Waals surface area contributed by atoms with E-state index in [2.05, 4.69) is 27.2 Å². The molecule has 4 heterocycles. The number of fused-ring (bicyclic) bond motifs is 3. The van der Waals surface area contributed by atoms with Crippen molar-refractivity contribution in [1.82, 2.24) is 24.5 Å². The van der Waals surface area contributed by atoms with Gasteiger partial charge in [0.2, 0.25) is 5.91 Å². The highest BCUT2D eigenvalue weighted by atomic mass is 16.2. The van der Waals surface area contributed by atoms with Crippen LogP contribution in [0.25, 0.3) is 16.6 Å². The van der Waals surface area contributed by atoms with Crippen molar-refractivity contribution in [3.8, 4) is 0 Å². The van der Waals surface area contributed by atoms with Gasteiger partial charge in [-0.15, -0.1) is 0 Å². The summed E-state index contributed by atoms with van der Waals surface area (Å²) in [5, 5.41) is 4.10. The lowest BCUT2D eigenvalue weighted by Crippen LogP contribution is -2.40. The number of carbonyl (C=O) groups excluding carboxylic acids is 1. The van der Waals surface area contributed by atoms with Gasteiger partial charge in [-0.3, -0.25) is 14.7 Å². The van der Waals surface area contributed by atoms with Crippen LogP contribution in [0, 0.1) is 0 Å². The van der Waals surface area contributed by atoms with E-state index in [0.717, 1.165) is 24.1 Å². The Labute approximate surface area is 161 Å². The van der Waals surface area contributed by atoms with Crippen molar-refractivity contribution in [3.63, 3.8) is 0 Å². The summed E-state index contributed by atoms with van der Waals surface area (Å²) in [7, 11) is 0. The van der Waals surface area contributed by atoms with Gasteiger partial charge in [0, 0.05) is 48.7 Å². The molecule has 0 spiro atoms. The lowest BCUT2D eigenvalue weighted by Gasteiger charge is -2.27. The van der Waals surface area contributed by atoms with E-state index in [1.54, 1.807) is 17.2 Å². The second-order valence-corrected chi connectivity index (χ2v) is 7.28. The molecule has 7 nitrogen and oxygen atoms in total. The number of para-hydroxylation sites is 1. The number of aryl methyl sites for hydroxylation is 1. The van der Waals surface area contributed by atoms with Crippen LogP contribution in [0.2, 0.25) is 0 Å². The van der Waals surface area contributed by atoms with Crippen LogP contribution in [-0.2, 0) is 24.2 Å². The third kappa shape index (κ3) is 2.79. The van der Waals surface area contributed by atoms with Gasteiger partial charge in [-0.1, -0.05) is 18.2 Å². The molecule has 0 aliphatic carbocycles. The second kappa shape index (κ2) is 6.67. The molecule has 3 aromatic heterocycles. The first-order valence-corrected chi connectivity index (χ1v) is 9.61. The Kier molecular flexibility index (Phi) is 4.00. The van der Waals surface area contributed by atoms with Crippen LogP contribution >= 0.6 is 0 Å². The van der Waals surface area contributed by atoms with Crippen molar-refractivity contribution in [1.29, 1.82) is 0 Å². The number of nitrogens with zero attached hydrogens (tertiary/aromatic N) is 3. The van der Waals surface area contributed by atoms with Crippen LogP contribution in [-0.4, -0.2) is 36.9 Å². The minimum Gasteiger partial charge on any atom is -0.361 e. The van der Waals surface area contributed by atoms with Crippen LogP contribution in [0.15, 0.2) is 47.5 Å². The summed E-state index contributed by atoms with van der Waals surface area (Å²) in [5.41, 5.74) is 4.32. The molecular formula is C21H21N5O2. The predicted octanol–water partition coefficient (Wildman–Crippen LogP) is 2.41. The maximum Gasteiger partial charge on any atom is 0.277 e. The Morgan fingerprint density at radius 2 is 2.11 bits per heavy atom. The molecule has 0 unspecified atom stereocenters. The normalized spacial score (nSPS) is 13.9. The standard InChI is InChI=1S/C21H21N5O2/c27-20(7-3-4-14-12-22-17-6-2-1-5-15(14)17)25-11-9-18-16(13-25)21(28)26-19(24-18)8-10-23-26/h1-2,5-6,8,10,12,22-23H,3-4,7,9,11,13H2. The lowest BCUT2D eigenvalue weighted by molar-refractivity contribution is -0.132. The molecule has 7 heteroatoms. The van der Waals surface area contributed by atoms with Crippen molar-refractivity contribution in [2.24, 2.45) is 0 Å². The quantitative estimate of drug-likeness (QED) is 0.574. The number of benzene rings is 1. The van der Waals surface area contributed by atoms with E-state index in [0.29, 0.717) is 37.1 Å². The molecule has 0 atom stereocenters. The molecule has 0 saturated carbocycles. The van der Waals surface area contributed by atoms with E-state index < -0.39 is 0 Å². The van der Waals surface area contributed by atoms with E-state index in [9.17, 15) is 9.59 Å². The Hall–Kier alpha value is -3.35. The lowest BCUT2D eigenvalue weighted by atomic mass is 10.0. The minimum atomic E-state index is -0.110. The minimum absolute atomic E-state index is 0.0986. The molecule has 0 fully saturated rings. The Bertz CT molecular complexity index is 1230. The molecule has 1 aliphatic heterocycles. The van der Waals surface area contributed by atoms with Crippen LogP contribution in [0.4, 0.5) is 0 Å². The summed E-state index contributed by atoms with van der Waals surface area (Å²) < 4.78 is 1.43. The summed E-state index contributed by atoms with van der Waals surface area (Å²) in [6.45, 7) is 0.959. The molecule has 0 saturated heterocycles. The fraction of sp³-hybridized carbons (Fsp3) is 0.286. The molecule has 142 valence electrons. The first-order chi connectivity index (χ1) is 13.7. The molecular weight excluding hydrogens is 354 g/mol. The molecule has 2 N–H and O–H groups in total. The number of nitrogens with one attached hydrogen (secondary N) is 2. The van der Waals surface area contributed by atoms with Crippen molar-refractivity contribution < 1.29 is 4.79 Å². The third-order valence-electron chi connectivity index (χ3n) is 5.56. The molecule has 4 aromatic rings. The van der Waals surface area contributed by atoms with E-state index in [1.165, 1.54) is 15.5 Å². The number of hydrogen-bond donors (Lipinski definition) is 2. The zero-order valence-corrected chi connectivity index (χ0v) is 15.4. The molecule has 0 bridgehead atoms. The van der Waals surface area contributed by atoms with Crippen molar-refractivity contribution in [2.75, 3.05) is 6.54 Å². The highest BCUT2D eigenvalue weighted by molar-refractivity contribution is 5.83. The Balaban J connectivity index is 1.26. The van der Waals surface area contributed by atoms with Crippen molar-refractivity contribution in [3.05, 3.63) is 69.9 Å². The number of amides is 1. The Morgan fingerprint density at radius 3 is 3.04 bits per heavy atom. The Morgan fingerprint density at radius 1 is 1.21 bits per heavy atom. The number of carbonyl (C=O) groups is 1. The van der Waals surface area contributed by atoms with Crippen LogP contribution in [0.1, 0.15) is 29.7 Å². The van der Waals surface area contributed by atoms with Gasteiger partial charge in [-0.2, -0.15) is 0 Å². The summed E-state index contributed by atoms with van der Waals surface area (Å²) in [6.07, 6.45) is 6.47. The van der Waals surface area contributed by atoms with Gasteiger partial charge < -0.3 is 9.88 Å². The molecule has 0 radical (unpaired) electrons. The number of aromatic nitrogens is 4. The van der Waals surface area contributed by atoms with Gasteiger partial charge in [-0.05, 0) is 24.5 Å². The fourth-order valence-corrected chi connectivity index (χ4v) is 4.06. The summed E-state index contributed by atoms with van der Waals surface area (Å²) in [4.78, 5) is 35.0. The largest absolute Gasteiger partial charge is 0.361 e. The van der Waals surface area contributed by atoms with E-state index in [4.69, 9.17) is 0 Å². The average Bonchev–Trinajstić information content (AvgIpc) is 3.35. The van der Waals surface area contributed by atoms with E-state index in [-0.39, 0.29) is 11.5 Å². The topological polar surface area (TPSA) is 86.3 Å².